The van der Waals surface area contributed by atoms with Crippen LogP contribution in [-0.4, -0.2) is 10.3 Å². The highest BCUT2D eigenvalue weighted by Gasteiger charge is 2.20. The third kappa shape index (κ3) is 2.92. The summed E-state index contributed by atoms with van der Waals surface area (Å²) < 4.78 is 0. The molecule has 13 heavy (non-hydrogen) atoms. The molecule has 1 unspecified atom stereocenters. The van der Waals surface area contributed by atoms with E-state index in [4.69, 9.17) is 0 Å². The van der Waals surface area contributed by atoms with E-state index in [-0.39, 0.29) is 5.41 Å². The van der Waals surface area contributed by atoms with Crippen molar-refractivity contribution in [2.24, 2.45) is 5.41 Å². The van der Waals surface area contributed by atoms with E-state index in [1.165, 1.54) is 4.88 Å². The number of aromatic nitrogens is 1. The Morgan fingerprint density at radius 1 is 1.77 bits per heavy atom. The van der Waals surface area contributed by atoms with Gasteiger partial charge in [-0.15, -0.1) is 17.9 Å². The predicted octanol–water partition coefficient (Wildman–Crippen LogP) is 3.58. The van der Waals surface area contributed by atoms with E-state index < -0.39 is 0 Å². The van der Waals surface area contributed by atoms with Crippen LogP contribution in [0.15, 0.2) is 18.9 Å². The summed E-state index contributed by atoms with van der Waals surface area (Å²) in [7, 11) is 0. The van der Waals surface area contributed by atoms with Crippen molar-refractivity contribution in [3.63, 3.8) is 0 Å². The fraction of sp³-hybridized carbons (Fsp3) is 0.500. The Hall–Kier alpha value is -0.150. The van der Waals surface area contributed by atoms with Gasteiger partial charge in [-0.05, 0) is 18.8 Å². The summed E-state index contributed by atoms with van der Waals surface area (Å²) in [5.74, 6) is 0. The second-order valence-corrected chi connectivity index (χ2v) is 5.39. The van der Waals surface area contributed by atoms with Crippen LogP contribution in [0.25, 0.3) is 0 Å². The lowest BCUT2D eigenvalue weighted by Crippen LogP contribution is -2.17. The Bertz CT molecular complexity index is 295. The minimum Gasteiger partial charge on any atom is -0.250 e. The van der Waals surface area contributed by atoms with Crippen molar-refractivity contribution in [2.45, 2.75) is 20.3 Å². The highest BCUT2D eigenvalue weighted by atomic mass is 79.9. The van der Waals surface area contributed by atoms with E-state index in [9.17, 15) is 0 Å². The van der Waals surface area contributed by atoms with Gasteiger partial charge in [-0.25, -0.2) is 4.98 Å². The lowest BCUT2D eigenvalue weighted by molar-refractivity contribution is 0.497. The molecule has 0 N–H and O–H groups in total. The zero-order valence-corrected chi connectivity index (χ0v) is 10.4. The Morgan fingerprint density at radius 3 is 2.85 bits per heavy atom. The molecular weight excluding hydrogens is 246 g/mol. The summed E-state index contributed by atoms with van der Waals surface area (Å²) in [6.07, 6.45) is 4.99. The standard InChI is InChI=1S/C10H14BrNS/c1-4-10(3,7-11)5-9-6-12-8(2)13-9/h4,6H,1,5,7H2,2-3H3. The van der Waals surface area contributed by atoms with Gasteiger partial charge < -0.3 is 0 Å². The summed E-state index contributed by atoms with van der Waals surface area (Å²) in [4.78, 5) is 5.57. The molecule has 0 amide bonds. The summed E-state index contributed by atoms with van der Waals surface area (Å²) in [6.45, 7) is 8.09. The molecule has 1 rings (SSSR count). The molecule has 0 bridgehead atoms. The maximum absolute atomic E-state index is 4.24. The molecule has 72 valence electrons. The zero-order chi connectivity index (χ0) is 9.90. The van der Waals surface area contributed by atoms with Crippen LogP contribution in [0.1, 0.15) is 16.8 Å². The van der Waals surface area contributed by atoms with Gasteiger partial charge in [-0.3, -0.25) is 0 Å². The van der Waals surface area contributed by atoms with Crippen molar-refractivity contribution in [1.29, 1.82) is 0 Å². The van der Waals surface area contributed by atoms with E-state index in [1.807, 2.05) is 19.2 Å². The lowest BCUT2D eigenvalue weighted by atomic mass is 9.89. The maximum atomic E-state index is 4.24. The first-order valence-electron chi connectivity index (χ1n) is 4.20. The molecule has 0 radical (unpaired) electrons. The van der Waals surface area contributed by atoms with Gasteiger partial charge in [0.05, 0.1) is 5.01 Å². The molecule has 0 aromatic carbocycles. The van der Waals surface area contributed by atoms with E-state index in [0.29, 0.717) is 0 Å². The zero-order valence-electron chi connectivity index (χ0n) is 8.01. The number of halogens is 1. The number of hydrogen-bond acceptors (Lipinski definition) is 2. The molecule has 1 atom stereocenters. The van der Waals surface area contributed by atoms with Gasteiger partial charge in [0.15, 0.2) is 0 Å². The molecule has 0 aliphatic heterocycles. The third-order valence-electron chi connectivity index (χ3n) is 2.05. The molecule has 0 spiro atoms. The fourth-order valence-corrected chi connectivity index (χ4v) is 2.48. The van der Waals surface area contributed by atoms with Crippen LogP contribution in [0.4, 0.5) is 0 Å². The number of thiazole rings is 1. The average Bonchev–Trinajstić information content (AvgIpc) is 2.51. The summed E-state index contributed by atoms with van der Waals surface area (Å²) in [5, 5.41) is 2.08. The lowest BCUT2D eigenvalue weighted by Gasteiger charge is -2.21. The minimum atomic E-state index is 0.152. The summed E-state index contributed by atoms with van der Waals surface area (Å²) in [6, 6.07) is 0. The van der Waals surface area contributed by atoms with Crippen molar-refractivity contribution in [1.82, 2.24) is 4.98 Å². The van der Waals surface area contributed by atoms with Crippen molar-refractivity contribution < 1.29 is 0 Å². The molecule has 0 aliphatic rings. The minimum absolute atomic E-state index is 0.152. The average molecular weight is 260 g/mol. The van der Waals surface area contributed by atoms with Gasteiger partial charge in [0.25, 0.3) is 0 Å². The summed E-state index contributed by atoms with van der Waals surface area (Å²) in [5.41, 5.74) is 0.152. The van der Waals surface area contributed by atoms with Gasteiger partial charge in [-0.1, -0.05) is 28.9 Å². The highest BCUT2D eigenvalue weighted by Crippen LogP contribution is 2.28. The molecule has 0 fully saturated rings. The van der Waals surface area contributed by atoms with E-state index in [0.717, 1.165) is 16.8 Å². The van der Waals surface area contributed by atoms with Crippen LogP contribution in [0.2, 0.25) is 0 Å². The van der Waals surface area contributed by atoms with Crippen molar-refractivity contribution in [3.05, 3.63) is 28.7 Å². The topological polar surface area (TPSA) is 12.9 Å². The molecule has 1 nitrogen and oxygen atoms in total. The number of rotatable bonds is 4. The van der Waals surface area contributed by atoms with Crippen molar-refractivity contribution >= 4 is 27.3 Å². The smallest absolute Gasteiger partial charge is 0.0896 e. The van der Waals surface area contributed by atoms with Gasteiger partial charge in [0.2, 0.25) is 0 Å². The first kappa shape index (κ1) is 10.9. The van der Waals surface area contributed by atoms with Crippen LogP contribution in [-0.2, 0) is 6.42 Å². The van der Waals surface area contributed by atoms with Gasteiger partial charge >= 0.3 is 0 Å². The Kier molecular flexibility index (Phi) is 3.68. The normalized spacial score (nSPS) is 15.3. The van der Waals surface area contributed by atoms with Gasteiger partial charge in [0.1, 0.15) is 0 Å². The van der Waals surface area contributed by atoms with E-state index >= 15 is 0 Å². The van der Waals surface area contributed by atoms with Crippen LogP contribution in [0, 0.1) is 12.3 Å². The molecule has 0 aliphatic carbocycles. The number of hydrogen-bond donors (Lipinski definition) is 0. The monoisotopic (exact) mass is 259 g/mol. The first-order valence-corrected chi connectivity index (χ1v) is 6.14. The first-order chi connectivity index (χ1) is 6.09. The second kappa shape index (κ2) is 4.38. The third-order valence-corrected chi connectivity index (χ3v) is 4.24. The van der Waals surface area contributed by atoms with Crippen LogP contribution < -0.4 is 0 Å². The predicted molar refractivity (Wildman–Crippen MR) is 62.7 cm³/mol. The Morgan fingerprint density at radius 2 is 2.46 bits per heavy atom. The van der Waals surface area contributed by atoms with E-state index in [2.05, 4.69) is 34.4 Å². The van der Waals surface area contributed by atoms with Crippen molar-refractivity contribution in [2.75, 3.05) is 5.33 Å². The summed E-state index contributed by atoms with van der Waals surface area (Å²) >= 11 is 5.28. The quantitative estimate of drug-likeness (QED) is 0.595. The maximum Gasteiger partial charge on any atom is 0.0896 e. The Labute approximate surface area is 92.0 Å². The highest BCUT2D eigenvalue weighted by molar-refractivity contribution is 9.09. The van der Waals surface area contributed by atoms with Crippen LogP contribution >= 0.6 is 27.3 Å². The molecule has 0 saturated carbocycles. The molecule has 1 aromatic heterocycles. The number of alkyl halides is 1. The van der Waals surface area contributed by atoms with Gasteiger partial charge in [-0.2, -0.15) is 0 Å². The fourth-order valence-electron chi connectivity index (χ4n) is 1.06. The van der Waals surface area contributed by atoms with E-state index in [1.54, 1.807) is 11.3 Å². The molecule has 1 aromatic rings. The Balaban J connectivity index is 2.72. The van der Waals surface area contributed by atoms with Crippen LogP contribution in [0.5, 0.6) is 0 Å². The number of aryl methyl sites for hydroxylation is 1. The second-order valence-electron chi connectivity index (χ2n) is 3.51. The molecule has 0 saturated heterocycles. The molecule has 3 heteroatoms. The van der Waals surface area contributed by atoms with Crippen LogP contribution in [0.3, 0.4) is 0 Å². The van der Waals surface area contributed by atoms with Gasteiger partial charge in [0, 0.05) is 16.4 Å². The number of nitrogens with zero attached hydrogens (tertiary/aromatic N) is 1. The molecular formula is C10H14BrNS. The molecule has 1 heterocycles. The largest absolute Gasteiger partial charge is 0.250 e. The SMILES string of the molecule is C=CC(C)(CBr)Cc1cnc(C)s1. The number of allylic oxidation sites excluding steroid dienone is 1. The van der Waals surface area contributed by atoms with Crippen molar-refractivity contribution in [3.8, 4) is 0 Å².